The largest absolute Gasteiger partial charge is 0.368 e. The molecule has 1 aromatic rings. The number of rotatable bonds is 7. The number of para-hydroxylation sites is 1. The molecule has 2 amide bonds. The lowest BCUT2D eigenvalue weighted by Crippen LogP contribution is -2.45. The second kappa shape index (κ2) is 8.96. The third kappa shape index (κ3) is 5.05. The van der Waals surface area contributed by atoms with Gasteiger partial charge in [0.1, 0.15) is 11.8 Å². The number of nitrogens with one attached hydrogen (secondary N) is 1. The predicted octanol–water partition coefficient (Wildman–Crippen LogP) is -0.140. The lowest BCUT2D eigenvalue weighted by Gasteiger charge is -2.32. The fourth-order valence-corrected chi connectivity index (χ4v) is 3.37. The Morgan fingerprint density at radius 3 is 2.56 bits per heavy atom. The molecule has 0 aliphatic carbocycles. The summed E-state index contributed by atoms with van der Waals surface area (Å²) in [7, 11) is 2.14. The normalized spacial score (nSPS) is 21.1. The van der Waals surface area contributed by atoms with Crippen molar-refractivity contribution in [1.29, 1.82) is 0 Å². The number of nitrogens with two attached hydrogens (primary N) is 1. The van der Waals surface area contributed by atoms with Crippen molar-refractivity contribution in [3.63, 3.8) is 0 Å². The summed E-state index contributed by atoms with van der Waals surface area (Å²) in [5.74, 6) is -0.710. The van der Waals surface area contributed by atoms with E-state index in [9.17, 15) is 9.59 Å². The molecule has 2 aliphatic heterocycles. The molecule has 0 aromatic heterocycles. The van der Waals surface area contributed by atoms with Gasteiger partial charge in [0, 0.05) is 39.1 Å². The maximum absolute atomic E-state index is 12.4. The van der Waals surface area contributed by atoms with Gasteiger partial charge >= 0.3 is 0 Å². The average Bonchev–Trinajstić information content (AvgIpc) is 3.13. The van der Waals surface area contributed by atoms with E-state index < -0.39 is 11.9 Å². The topological polar surface area (TPSA) is 94.3 Å². The van der Waals surface area contributed by atoms with Crippen LogP contribution >= 0.6 is 0 Å². The number of hydrogen-bond donors (Lipinski definition) is 2. The fraction of sp³-hybridized carbons (Fsp3) is 0.526. The minimum absolute atomic E-state index is 0.224. The van der Waals surface area contributed by atoms with Crippen LogP contribution in [0.25, 0.3) is 0 Å². The van der Waals surface area contributed by atoms with E-state index in [-0.39, 0.29) is 12.3 Å². The second-order valence-electron chi connectivity index (χ2n) is 7.10. The third-order valence-corrected chi connectivity index (χ3v) is 5.05. The molecular formula is C19H28N6O2. The van der Waals surface area contributed by atoms with Crippen LogP contribution in [-0.2, 0) is 9.59 Å². The van der Waals surface area contributed by atoms with E-state index in [1.807, 2.05) is 30.3 Å². The summed E-state index contributed by atoms with van der Waals surface area (Å²) < 4.78 is 0. The number of hydrazone groups is 1. The van der Waals surface area contributed by atoms with Gasteiger partial charge in [0.2, 0.25) is 5.91 Å². The van der Waals surface area contributed by atoms with Gasteiger partial charge in [0.05, 0.1) is 5.69 Å². The molecule has 8 nitrogen and oxygen atoms in total. The number of hydrogen-bond acceptors (Lipinski definition) is 6. The first kappa shape index (κ1) is 19.3. The van der Waals surface area contributed by atoms with E-state index >= 15 is 0 Å². The average molecular weight is 372 g/mol. The first-order valence-corrected chi connectivity index (χ1v) is 9.45. The second-order valence-corrected chi connectivity index (χ2v) is 7.10. The predicted molar refractivity (Wildman–Crippen MR) is 106 cm³/mol. The SMILES string of the molecule is CN1CCN(CCCNC(=O)C2=NN(c3ccccc3)C(C(N)=O)C2)CC1. The number of carbonyl (C=O) groups excluding carboxylic acids is 2. The summed E-state index contributed by atoms with van der Waals surface area (Å²) in [6.07, 6.45) is 1.12. The lowest BCUT2D eigenvalue weighted by atomic mass is 10.1. The van der Waals surface area contributed by atoms with Crippen LogP contribution in [-0.4, -0.2) is 79.7 Å². The van der Waals surface area contributed by atoms with Crippen LogP contribution in [0.2, 0.25) is 0 Å². The summed E-state index contributed by atoms with van der Waals surface area (Å²) in [4.78, 5) is 29.0. The molecule has 2 heterocycles. The summed E-state index contributed by atoms with van der Waals surface area (Å²) in [6, 6.07) is 8.67. The molecular weight excluding hydrogens is 344 g/mol. The molecule has 0 radical (unpaired) electrons. The first-order chi connectivity index (χ1) is 13.0. The van der Waals surface area contributed by atoms with Crippen LogP contribution in [0.5, 0.6) is 0 Å². The molecule has 3 rings (SSSR count). The maximum atomic E-state index is 12.4. The van der Waals surface area contributed by atoms with E-state index in [1.54, 1.807) is 5.01 Å². The Kier molecular flexibility index (Phi) is 6.41. The van der Waals surface area contributed by atoms with Crippen molar-refractivity contribution in [2.75, 3.05) is 51.3 Å². The molecule has 0 spiro atoms. The minimum atomic E-state index is -0.626. The zero-order valence-corrected chi connectivity index (χ0v) is 15.8. The third-order valence-electron chi connectivity index (χ3n) is 5.05. The van der Waals surface area contributed by atoms with E-state index in [0.29, 0.717) is 12.3 Å². The van der Waals surface area contributed by atoms with Crippen molar-refractivity contribution in [2.24, 2.45) is 10.8 Å². The summed E-state index contributed by atoms with van der Waals surface area (Å²) in [5, 5.41) is 8.82. The molecule has 1 fully saturated rings. The highest BCUT2D eigenvalue weighted by Gasteiger charge is 2.34. The molecule has 1 aromatic carbocycles. The van der Waals surface area contributed by atoms with Crippen LogP contribution < -0.4 is 16.1 Å². The van der Waals surface area contributed by atoms with Crippen LogP contribution in [0.15, 0.2) is 35.4 Å². The molecule has 0 saturated carbocycles. The standard InChI is InChI=1S/C19H28N6O2/c1-23-10-12-24(13-11-23)9-5-8-21-19(27)16-14-17(18(20)26)25(22-16)15-6-3-2-4-7-15/h2-4,6-7,17H,5,8-14H2,1H3,(H2,20,26)(H,21,27). The van der Waals surface area contributed by atoms with E-state index in [1.165, 1.54) is 0 Å². The Balaban J connectivity index is 1.49. The van der Waals surface area contributed by atoms with Crippen LogP contribution in [0.1, 0.15) is 12.8 Å². The van der Waals surface area contributed by atoms with Crippen molar-refractivity contribution in [3.8, 4) is 0 Å². The molecule has 1 atom stereocenters. The maximum Gasteiger partial charge on any atom is 0.267 e. The number of amides is 2. The van der Waals surface area contributed by atoms with Gasteiger partial charge in [-0.05, 0) is 32.1 Å². The number of likely N-dealkylation sites (N-methyl/N-ethyl adjacent to an activating group) is 1. The quantitative estimate of drug-likeness (QED) is 0.650. The molecule has 27 heavy (non-hydrogen) atoms. The van der Waals surface area contributed by atoms with Crippen molar-refractivity contribution < 1.29 is 9.59 Å². The Hall–Kier alpha value is -2.45. The number of piperazine rings is 1. The van der Waals surface area contributed by atoms with Gasteiger partial charge in [-0.2, -0.15) is 5.10 Å². The minimum Gasteiger partial charge on any atom is -0.368 e. The zero-order chi connectivity index (χ0) is 19.2. The number of benzene rings is 1. The van der Waals surface area contributed by atoms with Gasteiger partial charge in [0.15, 0.2) is 0 Å². The van der Waals surface area contributed by atoms with E-state index in [4.69, 9.17) is 5.73 Å². The molecule has 1 unspecified atom stereocenters. The number of primary amides is 1. The monoisotopic (exact) mass is 372 g/mol. The zero-order valence-electron chi connectivity index (χ0n) is 15.8. The van der Waals surface area contributed by atoms with Crippen LogP contribution in [0.3, 0.4) is 0 Å². The van der Waals surface area contributed by atoms with Crippen molar-refractivity contribution in [2.45, 2.75) is 18.9 Å². The Morgan fingerprint density at radius 2 is 1.89 bits per heavy atom. The van der Waals surface area contributed by atoms with E-state index in [0.717, 1.165) is 44.8 Å². The summed E-state index contributed by atoms with van der Waals surface area (Å²) in [6.45, 7) is 5.89. The molecule has 1 saturated heterocycles. The van der Waals surface area contributed by atoms with Crippen molar-refractivity contribution in [3.05, 3.63) is 30.3 Å². The Bertz CT molecular complexity index is 685. The number of nitrogens with zero attached hydrogens (tertiary/aromatic N) is 4. The molecule has 3 N–H and O–H groups in total. The smallest absolute Gasteiger partial charge is 0.267 e. The van der Waals surface area contributed by atoms with Gasteiger partial charge in [-0.15, -0.1) is 0 Å². The van der Waals surface area contributed by atoms with Gasteiger partial charge in [-0.1, -0.05) is 18.2 Å². The van der Waals surface area contributed by atoms with Crippen LogP contribution in [0.4, 0.5) is 5.69 Å². The van der Waals surface area contributed by atoms with Gasteiger partial charge in [-0.25, -0.2) is 0 Å². The summed E-state index contributed by atoms with van der Waals surface area (Å²) >= 11 is 0. The number of carbonyl (C=O) groups is 2. The highest BCUT2D eigenvalue weighted by atomic mass is 16.2. The van der Waals surface area contributed by atoms with E-state index in [2.05, 4.69) is 27.3 Å². The van der Waals surface area contributed by atoms with Gasteiger partial charge in [-0.3, -0.25) is 14.6 Å². The van der Waals surface area contributed by atoms with Crippen molar-refractivity contribution >= 4 is 23.2 Å². The molecule has 8 heteroatoms. The molecule has 146 valence electrons. The van der Waals surface area contributed by atoms with Gasteiger partial charge in [0.25, 0.3) is 5.91 Å². The molecule has 2 aliphatic rings. The van der Waals surface area contributed by atoms with Crippen molar-refractivity contribution in [1.82, 2.24) is 15.1 Å². The molecule has 0 bridgehead atoms. The Morgan fingerprint density at radius 1 is 1.19 bits per heavy atom. The Labute approximate surface area is 160 Å². The highest BCUT2D eigenvalue weighted by molar-refractivity contribution is 6.40. The fourth-order valence-electron chi connectivity index (χ4n) is 3.37. The first-order valence-electron chi connectivity index (χ1n) is 9.45. The van der Waals surface area contributed by atoms with Gasteiger partial charge < -0.3 is 20.9 Å². The summed E-state index contributed by atoms with van der Waals surface area (Å²) in [5.41, 5.74) is 6.61. The lowest BCUT2D eigenvalue weighted by molar-refractivity contribution is -0.119. The highest BCUT2D eigenvalue weighted by Crippen LogP contribution is 2.24. The van der Waals surface area contributed by atoms with Crippen LogP contribution in [0, 0.1) is 0 Å². The number of anilines is 1.